The minimum atomic E-state index is -0.185. The average Bonchev–Trinajstić information content (AvgIpc) is 2.51. The Kier molecular flexibility index (Phi) is 3.79. The lowest BCUT2D eigenvalue weighted by Crippen LogP contribution is -2.31. The van der Waals surface area contributed by atoms with Crippen LogP contribution < -0.4 is 9.64 Å². The molecule has 2 rings (SSSR count). The molecule has 0 amide bonds. The number of ether oxygens (including phenoxy) is 1. The average molecular weight is 251 g/mol. The van der Waals surface area contributed by atoms with Gasteiger partial charge in [0.25, 0.3) is 0 Å². The first-order valence-corrected chi connectivity index (χ1v) is 6.74. The molecule has 100 valence electrons. The van der Waals surface area contributed by atoms with Gasteiger partial charge in [-0.2, -0.15) is 0 Å². The van der Waals surface area contributed by atoms with Crippen LogP contribution in [0.5, 0.6) is 5.75 Å². The van der Waals surface area contributed by atoms with E-state index in [1.807, 2.05) is 26.0 Å². The van der Waals surface area contributed by atoms with Gasteiger partial charge in [0, 0.05) is 12.6 Å². The predicted molar refractivity (Wildman–Crippen MR) is 73.1 cm³/mol. The zero-order valence-corrected chi connectivity index (χ0v) is 11.7. The van der Waals surface area contributed by atoms with Crippen LogP contribution in [0.15, 0.2) is 12.1 Å². The zero-order chi connectivity index (χ0) is 13.3. The molecular formula is C15H22FNO. The molecule has 18 heavy (non-hydrogen) atoms. The third-order valence-electron chi connectivity index (χ3n) is 3.45. The summed E-state index contributed by atoms with van der Waals surface area (Å²) in [6.07, 6.45) is 0.934. The Morgan fingerprint density at radius 2 is 1.94 bits per heavy atom. The Labute approximate surface area is 109 Å². The molecule has 0 fully saturated rings. The van der Waals surface area contributed by atoms with Crippen LogP contribution in [-0.4, -0.2) is 19.2 Å². The number of fused-ring (bicyclic) bond motifs is 1. The molecular weight excluding hydrogens is 229 g/mol. The van der Waals surface area contributed by atoms with E-state index in [1.54, 1.807) is 0 Å². The minimum Gasteiger partial charge on any atom is -0.488 e. The molecule has 1 aliphatic heterocycles. The van der Waals surface area contributed by atoms with Crippen LogP contribution in [0.1, 0.15) is 45.6 Å². The molecule has 2 nitrogen and oxygen atoms in total. The summed E-state index contributed by atoms with van der Waals surface area (Å²) in [6.45, 7) is 9.77. The first-order valence-electron chi connectivity index (χ1n) is 6.74. The van der Waals surface area contributed by atoms with Gasteiger partial charge in [0.05, 0.1) is 12.3 Å². The fourth-order valence-electron chi connectivity index (χ4n) is 2.44. The van der Waals surface area contributed by atoms with Gasteiger partial charge in [0.2, 0.25) is 0 Å². The highest BCUT2D eigenvalue weighted by Gasteiger charge is 2.24. The first-order chi connectivity index (χ1) is 8.52. The largest absolute Gasteiger partial charge is 0.488 e. The molecule has 0 bridgehead atoms. The topological polar surface area (TPSA) is 12.5 Å². The van der Waals surface area contributed by atoms with Crippen molar-refractivity contribution in [1.29, 1.82) is 0 Å². The summed E-state index contributed by atoms with van der Waals surface area (Å²) in [5, 5.41) is 0. The third-order valence-corrected chi connectivity index (χ3v) is 3.45. The second-order valence-corrected chi connectivity index (χ2v) is 5.46. The second kappa shape index (κ2) is 5.17. The molecule has 3 heteroatoms. The lowest BCUT2D eigenvalue weighted by atomic mass is 10.0. The molecule has 0 saturated heterocycles. The van der Waals surface area contributed by atoms with E-state index in [-0.39, 0.29) is 11.7 Å². The summed E-state index contributed by atoms with van der Waals surface area (Å²) in [4.78, 5) is 2.22. The van der Waals surface area contributed by atoms with E-state index in [9.17, 15) is 4.39 Å². The van der Waals surface area contributed by atoms with Crippen LogP contribution in [-0.2, 0) is 0 Å². The van der Waals surface area contributed by atoms with Crippen molar-refractivity contribution in [1.82, 2.24) is 0 Å². The summed E-state index contributed by atoms with van der Waals surface area (Å²) in [7, 11) is 0. The molecule has 0 spiro atoms. The van der Waals surface area contributed by atoms with E-state index in [4.69, 9.17) is 4.74 Å². The monoisotopic (exact) mass is 251 g/mol. The van der Waals surface area contributed by atoms with Crippen molar-refractivity contribution in [3.63, 3.8) is 0 Å². The van der Waals surface area contributed by atoms with Crippen LogP contribution >= 0.6 is 0 Å². The van der Waals surface area contributed by atoms with E-state index in [2.05, 4.69) is 18.7 Å². The van der Waals surface area contributed by atoms with Crippen LogP contribution in [0.3, 0.4) is 0 Å². The van der Waals surface area contributed by atoms with E-state index < -0.39 is 0 Å². The molecule has 0 aliphatic carbocycles. The minimum absolute atomic E-state index is 0.176. The molecule has 0 aromatic heterocycles. The molecule has 0 unspecified atom stereocenters. The molecule has 1 aliphatic rings. The van der Waals surface area contributed by atoms with E-state index in [1.165, 1.54) is 0 Å². The van der Waals surface area contributed by atoms with E-state index >= 15 is 0 Å². The van der Waals surface area contributed by atoms with Crippen molar-refractivity contribution in [2.24, 2.45) is 0 Å². The lowest BCUT2D eigenvalue weighted by Gasteiger charge is -2.28. The Balaban J connectivity index is 2.51. The maximum absolute atomic E-state index is 14.5. The number of anilines is 1. The highest BCUT2D eigenvalue weighted by molar-refractivity contribution is 5.62. The fraction of sp³-hybridized carbons (Fsp3) is 0.600. The summed E-state index contributed by atoms with van der Waals surface area (Å²) >= 11 is 0. The molecule has 1 heterocycles. The number of hydrogen-bond acceptors (Lipinski definition) is 2. The number of nitrogens with zero attached hydrogens (tertiary/aromatic N) is 1. The zero-order valence-electron chi connectivity index (χ0n) is 11.7. The van der Waals surface area contributed by atoms with Gasteiger partial charge < -0.3 is 9.64 Å². The number of halogens is 1. The SMILES string of the molecule is CC(C)c1ccc2c(c1F)OCCCN2C(C)C. The molecule has 0 saturated carbocycles. The van der Waals surface area contributed by atoms with Gasteiger partial charge in [-0.15, -0.1) is 0 Å². The Hall–Kier alpha value is -1.25. The maximum Gasteiger partial charge on any atom is 0.178 e. The molecule has 1 aromatic carbocycles. The van der Waals surface area contributed by atoms with Crippen molar-refractivity contribution in [3.8, 4) is 5.75 Å². The van der Waals surface area contributed by atoms with Crippen LogP contribution in [0.4, 0.5) is 10.1 Å². The lowest BCUT2D eigenvalue weighted by molar-refractivity contribution is 0.305. The second-order valence-electron chi connectivity index (χ2n) is 5.46. The van der Waals surface area contributed by atoms with Crippen LogP contribution in [0.25, 0.3) is 0 Å². The summed E-state index contributed by atoms with van der Waals surface area (Å²) in [5.41, 5.74) is 1.63. The number of rotatable bonds is 2. The Morgan fingerprint density at radius 1 is 1.22 bits per heavy atom. The van der Waals surface area contributed by atoms with Crippen molar-refractivity contribution >= 4 is 5.69 Å². The van der Waals surface area contributed by atoms with Gasteiger partial charge in [-0.3, -0.25) is 0 Å². The summed E-state index contributed by atoms with van der Waals surface area (Å²) in [6, 6.07) is 4.25. The van der Waals surface area contributed by atoms with Crippen molar-refractivity contribution in [2.45, 2.75) is 46.1 Å². The standard InChI is InChI=1S/C15H22FNO/c1-10(2)12-6-7-13-15(14(12)16)18-9-5-8-17(13)11(3)4/h6-7,10-11H,5,8-9H2,1-4H3. The van der Waals surface area contributed by atoms with Crippen molar-refractivity contribution < 1.29 is 9.13 Å². The Morgan fingerprint density at radius 3 is 2.56 bits per heavy atom. The van der Waals surface area contributed by atoms with Gasteiger partial charge in [0.15, 0.2) is 11.6 Å². The normalized spacial score (nSPS) is 15.6. The van der Waals surface area contributed by atoms with Gasteiger partial charge in [-0.25, -0.2) is 4.39 Å². The van der Waals surface area contributed by atoms with E-state index in [0.717, 1.165) is 24.2 Å². The number of hydrogen-bond donors (Lipinski definition) is 0. The molecule has 0 atom stereocenters. The number of benzene rings is 1. The van der Waals surface area contributed by atoms with Gasteiger partial charge >= 0.3 is 0 Å². The van der Waals surface area contributed by atoms with Gasteiger partial charge in [-0.05, 0) is 37.8 Å². The van der Waals surface area contributed by atoms with Gasteiger partial charge in [0.1, 0.15) is 0 Å². The highest BCUT2D eigenvalue weighted by Crippen LogP contribution is 2.38. The van der Waals surface area contributed by atoms with Gasteiger partial charge in [-0.1, -0.05) is 19.9 Å². The fourth-order valence-corrected chi connectivity index (χ4v) is 2.44. The molecule has 1 aromatic rings. The highest BCUT2D eigenvalue weighted by atomic mass is 19.1. The smallest absolute Gasteiger partial charge is 0.178 e. The van der Waals surface area contributed by atoms with Crippen LogP contribution in [0, 0.1) is 5.82 Å². The maximum atomic E-state index is 14.5. The van der Waals surface area contributed by atoms with E-state index in [0.29, 0.717) is 18.4 Å². The summed E-state index contributed by atoms with van der Waals surface area (Å²) in [5.74, 6) is 0.428. The quantitative estimate of drug-likeness (QED) is 0.789. The molecule has 0 radical (unpaired) electrons. The van der Waals surface area contributed by atoms with Crippen LogP contribution in [0.2, 0.25) is 0 Å². The van der Waals surface area contributed by atoms with Crippen molar-refractivity contribution in [2.75, 3.05) is 18.1 Å². The first kappa shape index (κ1) is 13.2. The van der Waals surface area contributed by atoms with Crippen molar-refractivity contribution in [3.05, 3.63) is 23.5 Å². The molecule has 0 N–H and O–H groups in total. The summed E-state index contributed by atoms with van der Waals surface area (Å²) < 4.78 is 20.1. The third kappa shape index (κ3) is 2.31. The predicted octanol–water partition coefficient (Wildman–Crippen LogP) is 3.95. The Bertz CT molecular complexity index is 429.